The molecule has 1 saturated heterocycles. The second-order valence-corrected chi connectivity index (χ2v) is 9.02. The molecule has 3 aromatic rings. The van der Waals surface area contributed by atoms with Crippen LogP contribution in [0.1, 0.15) is 5.56 Å². The number of aromatic nitrogens is 1. The van der Waals surface area contributed by atoms with E-state index in [4.69, 9.17) is 19.9 Å². The first kappa shape index (κ1) is 28.6. The van der Waals surface area contributed by atoms with Gasteiger partial charge in [0, 0.05) is 18.7 Å². The highest BCUT2D eigenvalue weighted by molar-refractivity contribution is 5.97. The fraction of sp³-hybridized carbons (Fsp3) is 0.296. The Hall–Kier alpha value is -4.36. The lowest BCUT2D eigenvalue weighted by molar-refractivity contribution is -0.116. The average Bonchev–Trinajstić information content (AvgIpc) is 2.94. The highest BCUT2D eigenvalue weighted by Crippen LogP contribution is 2.28. The van der Waals surface area contributed by atoms with Crippen molar-refractivity contribution in [3.05, 3.63) is 83.9 Å². The van der Waals surface area contributed by atoms with Crippen molar-refractivity contribution >= 4 is 23.4 Å². The molecular formula is C27H28F3N5O5. The summed E-state index contributed by atoms with van der Waals surface area (Å²) in [5, 5.41) is 8.80. The summed E-state index contributed by atoms with van der Waals surface area (Å²) in [6, 6.07) is 9.92. The van der Waals surface area contributed by atoms with Crippen molar-refractivity contribution < 1.29 is 37.0 Å². The molecule has 212 valence electrons. The first-order valence-electron chi connectivity index (χ1n) is 12.4. The molecule has 2 amide bonds. The number of morpholine rings is 1. The van der Waals surface area contributed by atoms with Crippen molar-refractivity contribution in [3.63, 3.8) is 0 Å². The van der Waals surface area contributed by atoms with E-state index in [2.05, 4.69) is 20.9 Å². The minimum Gasteiger partial charge on any atom is -0.485 e. The van der Waals surface area contributed by atoms with Crippen LogP contribution in [0.5, 0.6) is 5.75 Å². The lowest BCUT2D eigenvalue weighted by atomic mass is 10.0. The molecule has 2 aromatic carbocycles. The number of nitrogens with two attached hydrogens (primary N) is 1. The lowest BCUT2D eigenvalue weighted by Crippen LogP contribution is -2.50. The Morgan fingerprint density at radius 2 is 1.75 bits per heavy atom. The van der Waals surface area contributed by atoms with Crippen LogP contribution in [0.25, 0.3) is 0 Å². The Balaban J connectivity index is 1.42. The topological polar surface area (TPSA) is 137 Å². The van der Waals surface area contributed by atoms with Crippen LogP contribution >= 0.6 is 0 Å². The fourth-order valence-electron chi connectivity index (χ4n) is 3.93. The number of nitrogens with zero attached hydrogens (tertiary/aromatic N) is 1. The van der Waals surface area contributed by atoms with Gasteiger partial charge in [-0.1, -0.05) is 12.1 Å². The molecule has 1 aliphatic heterocycles. The third-order valence-corrected chi connectivity index (χ3v) is 5.97. The highest BCUT2D eigenvalue weighted by Gasteiger charge is 2.25. The fourth-order valence-corrected chi connectivity index (χ4v) is 3.93. The Bertz CT molecular complexity index is 1240. The number of anilines is 2. The molecule has 1 fully saturated rings. The molecule has 2 heterocycles. The Morgan fingerprint density at radius 1 is 1.05 bits per heavy atom. The van der Waals surface area contributed by atoms with Gasteiger partial charge in [0.05, 0.1) is 25.0 Å². The molecule has 0 saturated carbocycles. The molecule has 4 rings (SSSR count). The summed E-state index contributed by atoms with van der Waals surface area (Å²) in [4.78, 5) is 27.9. The number of carbonyl (C=O) groups is 2. The minimum atomic E-state index is -0.905. The van der Waals surface area contributed by atoms with E-state index < -0.39 is 41.6 Å². The number of hydrogen-bond acceptors (Lipinski definition) is 8. The van der Waals surface area contributed by atoms with Crippen LogP contribution in [0.15, 0.2) is 60.9 Å². The minimum absolute atomic E-state index is 0.00786. The molecule has 0 spiro atoms. The summed E-state index contributed by atoms with van der Waals surface area (Å²) >= 11 is 0. The number of pyridine rings is 1. The van der Waals surface area contributed by atoms with Gasteiger partial charge in [0.2, 0.25) is 5.91 Å². The maximum atomic E-state index is 14.7. The second-order valence-electron chi connectivity index (χ2n) is 9.02. The Kier molecular flexibility index (Phi) is 9.76. The normalized spacial score (nSPS) is 17.5. The van der Waals surface area contributed by atoms with Gasteiger partial charge in [-0.2, -0.15) is 0 Å². The van der Waals surface area contributed by atoms with Crippen molar-refractivity contribution in [2.24, 2.45) is 5.73 Å². The van der Waals surface area contributed by atoms with Gasteiger partial charge in [-0.3, -0.25) is 9.78 Å². The van der Waals surface area contributed by atoms with Crippen LogP contribution in [0, 0.1) is 17.5 Å². The van der Waals surface area contributed by atoms with Crippen LogP contribution in [-0.4, -0.2) is 61.5 Å². The molecule has 10 nitrogen and oxygen atoms in total. The molecule has 1 aromatic heterocycles. The number of halogens is 3. The van der Waals surface area contributed by atoms with Crippen LogP contribution in [0.4, 0.5) is 29.3 Å². The number of hydrogen-bond donors (Lipinski definition) is 4. The number of amides is 2. The number of carbonyl (C=O) groups excluding carboxylic acids is 2. The zero-order valence-electron chi connectivity index (χ0n) is 21.2. The molecular weight excluding hydrogens is 531 g/mol. The molecule has 13 heteroatoms. The van der Waals surface area contributed by atoms with Gasteiger partial charge in [-0.15, -0.1) is 0 Å². The van der Waals surface area contributed by atoms with Gasteiger partial charge in [0.25, 0.3) is 0 Å². The summed E-state index contributed by atoms with van der Waals surface area (Å²) in [5.74, 6) is -2.44. The van der Waals surface area contributed by atoms with Crippen molar-refractivity contribution in [3.8, 4) is 5.75 Å². The molecule has 0 unspecified atom stereocenters. The van der Waals surface area contributed by atoms with Gasteiger partial charge in [0.1, 0.15) is 42.7 Å². The summed E-state index contributed by atoms with van der Waals surface area (Å²) in [7, 11) is 0. The first-order chi connectivity index (χ1) is 19.3. The van der Waals surface area contributed by atoms with E-state index in [1.165, 1.54) is 42.6 Å². The van der Waals surface area contributed by atoms with E-state index in [-0.39, 0.29) is 43.7 Å². The summed E-state index contributed by atoms with van der Waals surface area (Å²) in [6.07, 6.45) is 1.01. The predicted octanol–water partition coefficient (Wildman–Crippen LogP) is 2.99. The van der Waals surface area contributed by atoms with Gasteiger partial charge in [0.15, 0.2) is 11.6 Å². The van der Waals surface area contributed by atoms with E-state index in [0.29, 0.717) is 17.8 Å². The third-order valence-electron chi connectivity index (χ3n) is 5.97. The van der Waals surface area contributed by atoms with E-state index in [1.54, 1.807) is 12.1 Å². The molecule has 3 atom stereocenters. The van der Waals surface area contributed by atoms with Crippen molar-refractivity contribution in [2.45, 2.75) is 24.6 Å². The number of primary amides is 1. The van der Waals surface area contributed by atoms with Crippen LogP contribution < -0.4 is 26.4 Å². The number of nitrogens with one attached hydrogen (secondary N) is 3. The van der Waals surface area contributed by atoms with E-state index in [9.17, 15) is 22.8 Å². The summed E-state index contributed by atoms with van der Waals surface area (Å²) in [5.41, 5.74) is 6.09. The first-order valence-corrected chi connectivity index (χ1v) is 12.4. The van der Waals surface area contributed by atoms with Crippen molar-refractivity contribution in [2.75, 3.05) is 37.0 Å². The molecule has 5 N–H and O–H groups in total. The van der Waals surface area contributed by atoms with Gasteiger partial charge < -0.3 is 35.9 Å². The Labute approximate surface area is 228 Å². The standard InChI is InChI=1S/C27H28F3N5O5/c28-17-3-1-16(2-4-17)9-23(34-19-7-5-18(29)6-8-19)26(36)35-24-12-32-11-22(30)25(24)39-15-21-10-33-20(13-38-21)14-40-27(31)37/h1-8,11-12,20-21,23,33-34H,9-10,13-15H2,(H2,31,37)(H,35,36)/t20-,21-,23-/m0/s1. The monoisotopic (exact) mass is 559 g/mol. The molecule has 0 radical (unpaired) electrons. The maximum Gasteiger partial charge on any atom is 0.404 e. The quantitative estimate of drug-likeness (QED) is 0.282. The van der Waals surface area contributed by atoms with E-state index in [0.717, 1.165) is 6.20 Å². The van der Waals surface area contributed by atoms with Crippen LogP contribution in [0.2, 0.25) is 0 Å². The SMILES string of the molecule is NC(=O)OC[C@@H]1CO[C@H](COc2c(F)cncc2NC(=O)[C@H](Cc2ccc(F)cc2)Nc2ccc(F)cc2)CN1. The second kappa shape index (κ2) is 13.6. The van der Waals surface area contributed by atoms with Gasteiger partial charge >= 0.3 is 6.09 Å². The molecule has 0 aliphatic carbocycles. The predicted molar refractivity (Wildman–Crippen MR) is 139 cm³/mol. The molecule has 1 aliphatic rings. The van der Waals surface area contributed by atoms with Crippen molar-refractivity contribution in [1.29, 1.82) is 0 Å². The van der Waals surface area contributed by atoms with Crippen LogP contribution in [-0.2, 0) is 20.7 Å². The average molecular weight is 560 g/mol. The lowest BCUT2D eigenvalue weighted by Gasteiger charge is -2.30. The van der Waals surface area contributed by atoms with Crippen LogP contribution in [0.3, 0.4) is 0 Å². The Morgan fingerprint density at radius 3 is 2.40 bits per heavy atom. The summed E-state index contributed by atoms with van der Waals surface area (Å²) < 4.78 is 57.6. The van der Waals surface area contributed by atoms with E-state index in [1.807, 2.05) is 0 Å². The zero-order chi connectivity index (χ0) is 28.5. The van der Waals surface area contributed by atoms with Gasteiger partial charge in [-0.25, -0.2) is 18.0 Å². The smallest absolute Gasteiger partial charge is 0.404 e. The maximum absolute atomic E-state index is 14.7. The zero-order valence-corrected chi connectivity index (χ0v) is 21.2. The number of rotatable bonds is 11. The third kappa shape index (κ3) is 8.32. The van der Waals surface area contributed by atoms with Gasteiger partial charge in [-0.05, 0) is 42.0 Å². The van der Waals surface area contributed by atoms with E-state index >= 15 is 0 Å². The molecule has 40 heavy (non-hydrogen) atoms. The number of benzene rings is 2. The highest BCUT2D eigenvalue weighted by atomic mass is 19.1. The molecule has 0 bridgehead atoms. The number of ether oxygens (including phenoxy) is 3. The largest absolute Gasteiger partial charge is 0.485 e. The van der Waals surface area contributed by atoms with Crippen molar-refractivity contribution in [1.82, 2.24) is 10.3 Å². The summed E-state index contributed by atoms with van der Waals surface area (Å²) in [6.45, 7) is 0.544.